The highest BCUT2D eigenvalue weighted by Crippen LogP contribution is 2.18. The summed E-state index contributed by atoms with van der Waals surface area (Å²) in [5.74, 6) is 1.28. The van der Waals surface area contributed by atoms with Crippen LogP contribution in [0.5, 0.6) is 0 Å². The summed E-state index contributed by atoms with van der Waals surface area (Å²) in [5, 5.41) is 10.3. The van der Waals surface area contributed by atoms with Gasteiger partial charge in [0.05, 0.1) is 12.3 Å². The Kier molecular flexibility index (Phi) is 6.41. The number of anilines is 1. The molecule has 2 rings (SSSR count). The summed E-state index contributed by atoms with van der Waals surface area (Å²) in [6.07, 6.45) is 1.98. The van der Waals surface area contributed by atoms with Crippen molar-refractivity contribution in [3.05, 3.63) is 11.3 Å². The molecule has 2 heterocycles. The summed E-state index contributed by atoms with van der Waals surface area (Å²) in [6.45, 7) is 8.59. The molecule has 1 saturated heterocycles. The third kappa shape index (κ3) is 4.68. The van der Waals surface area contributed by atoms with Gasteiger partial charge in [0.25, 0.3) is 0 Å². The Bertz CT molecular complexity index is 529. The molecular weight excluding hydrogens is 294 g/mol. The van der Waals surface area contributed by atoms with Crippen molar-refractivity contribution in [3.63, 3.8) is 0 Å². The molecule has 0 unspecified atom stereocenters. The van der Waals surface area contributed by atoms with E-state index < -0.39 is 0 Å². The molecule has 0 spiro atoms. The van der Waals surface area contributed by atoms with Crippen molar-refractivity contribution in [2.75, 3.05) is 45.2 Å². The molecule has 0 aliphatic carbocycles. The van der Waals surface area contributed by atoms with Gasteiger partial charge in [0.2, 0.25) is 0 Å². The van der Waals surface area contributed by atoms with Gasteiger partial charge < -0.3 is 15.0 Å². The number of urea groups is 1. The highest BCUT2D eigenvalue weighted by atomic mass is 16.5. The summed E-state index contributed by atoms with van der Waals surface area (Å²) < 4.78 is 6.84. The van der Waals surface area contributed by atoms with Crippen molar-refractivity contribution >= 4 is 11.8 Å². The zero-order valence-electron chi connectivity index (χ0n) is 14.7. The molecule has 2 amide bonds. The molecule has 1 aromatic rings. The number of ether oxygens (including phenoxy) is 1. The van der Waals surface area contributed by atoms with E-state index in [0.29, 0.717) is 12.5 Å². The van der Waals surface area contributed by atoms with Crippen molar-refractivity contribution in [2.45, 2.75) is 26.7 Å². The van der Waals surface area contributed by atoms with Crippen LogP contribution in [0.15, 0.2) is 0 Å². The summed E-state index contributed by atoms with van der Waals surface area (Å²) in [6, 6.07) is -0.158. The number of aromatic nitrogens is 2. The lowest BCUT2D eigenvalue weighted by Gasteiger charge is -2.16. The molecule has 130 valence electrons. The van der Waals surface area contributed by atoms with Crippen LogP contribution >= 0.6 is 0 Å². The van der Waals surface area contributed by atoms with Gasteiger partial charge in [-0.3, -0.25) is 10.00 Å². The van der Waals surface area contributed by atoms with Gasteiger partial charge >= 0.3 is 6.03 Å². The number of carbonyl (C=O) groups is 1. The van der Waals surface area contributed by atoms with E-state index in [9.17, 15) is 4.79 Å². The summed E-state index contributed by atoms with van der Waals surface area (Å²) in [7, 11) is 3.58. The van der Waals surface area contributed by atoms with Crippen LogP contribution in [0.4, 0.5) is 10.6 Å². The van der Waals surface area contributed by atoms with E-state index in [1.807, 2.05) is 14.0 Å². The Balaban J connectivity index is 1.77. The van der Waals surface area contributed by atoms with Gasteiger partial charge in [0.1, 0.15) is 5.82 Å². The third-order valence-corrected chi connectivity index (χ3v) is 4.48. The largest absolute Gasteiger partial charge is 0.383 e. The monoisotopic (exact) mass is 323 g/mol. The smallest absolute Gasteiger partial charge is 0.320 e. The fourth-order valence-corrected chi connectivity index (χ4v) is 3.09. The molecular formula is C16H29N5O2. The quantitative estimate of drug-likeness (QED) is 0.795. The second-order valence-corrected chi connectivity index (χ2v) is 6.18. The normalized spacial score (nSPS) is 18.3. The number of aryl methyl sites for hydroxylation is 2. The first-order valence-electron chi connectivity index (χ1n) is 8.33. The molecule has 0 bridgehead atoms. The number of amides is 2. The minimum absolute atomic E-state index is 0.158. The number of nitrogens with zero attached hydrogens (tertiary/aromatic N) is 3. The lowest BCUT2D eigenvalue weighted by atomic mass is 10.1. The third-order valence-electron chi connectivity index (χ3n) is 4.48. The van der Waals surface area contributed by atoms with Crippen LogP contribution in [-0.4, -0.2) is 60.6 Å². The molecule has 23 heavy (non-hydrogen) atoms. The predicted molar refractivity (Wildman–Crippen MR) is 90.8 cm³/mol. The van der Waals surface area contributed by atoms with Crippen LogP contribution in [0.25, 0.3) is 0 Å². The molecule has 0 aromatic carbocycles. The van der Waals surface area contributed by atoms with Gasteiger partial charge in [-0.15, -0.1) is 0 Å². The summed E-state index contributed by atoms with van der Waals surface area (Å²) >= 11 is 0. The van der Waals surface area contributed by atoms with Crippen LogP contribution in [-0.2, 0) is 18.2 Å². The van der Waals surface area contributed by atoms with E-state index in [2.05, 4.69) is 27.6 Å². The molecule has 1 fully saturated rings. The number of carbonyl (C=O) groups excluding carboxylic acids is 1. The summed E-state index contributed by atoms with van der Waals surface area (Å²) in [4.78, 5) is 14.5. The van der Waals surface area contributed by atoms with Crippen molar-refractivity contribution in [1.29, 1.82) is 0 Å². The average molecular weight is 323 g/mol. The minimum Gasteiger partial charge on any atom is -0.383 e. The van der Waals surface area contributed by atoms with Gasteiger partial charge in [-0.25, -0.2) is 4.79 Å². The van der Waals surface area contributed by atoms with Gasteiger partial charge in [-0.1, -0.05) is 6.92 Å². The van der Waals surface area contributed by atoms with E-state index in [4.69, 9.17) is 4.74 Å². The first kappa shape index (κ1) is 17.7. The Morgan fingerprint density at radius 3 is 2.91 bits per heavy atom. The van der Waals surface area contributed by atoms with Gasteiger partial charge in [0, 0.05) is 39.4 Å². The van der Waals surface area contributed by atoms with Crippen molar-refractivity contribution in [2.24, 2.45) is 13.0 Å². The fourth-order valence-electron chi connectivity index (χ4n) is 3.09. The predicted octanol–water partition coefficient (Wildman–Crippen LogP) is 1.38. The highest BCUT2D eigenvalue weighted by Gasteiger charge is 2.22. The second-order valence-electron chi connectivity index (χ2n) is 6.18. The van der Waals surface area contributed by atoms with Crippen LogP contribution in [0.2, 0.25) is 0 Å². The average Bonchev–Trinajstić information content (AvgIpc) is 3.10. The van der Waals surface area contributed by atoms with Crippen molar-refractivity contribution < 1.29 is 9.53 Å². The molecule has 7 nitrogen and oxygen atoms in total. The van der Waals surface area contributed by atoms with Crippen molar-refractivity contribution in [3.8, 4) is 0 Å². The topological polar surface area (TPSA) is 71.4 Å². The Hall–Kier alpha value is -1.60. The van der Waals surface area contributed by atoms with Crippen LogP contribution in [0, 0.1) is 12.8 Å². The second kappa shape index (κ2) is 8.31. The maximum Gasteiger partial charge on any atom is 0.320 e. The maximum atomic E-state index is 12.1. The zero-order valence-corrected chi connectivity index (χ0v) is 14.7. The molecule has 1 aromatic heterocycles. The fraction of sp³-hybridized carbons (Fsp3) is 0.750. The number of rotatable bonds is 7. The number of hydrogen-bond donors (Lipinski definition) is 2. The first-order valence-corrected chi connectivity index (χ1v) is 8.33. The molecule has 1 aliphatic rings. The Morgan fingerprint density at radius 1 is 1.48 bits per heavy atom. The number of likely N-dealkylation sites (tertiary alicyclic amines) is 1. The number of hydrogen-bond acceptors (Lipinski definition) is 4. The molecule has 1 aliphatic heterocycles. The summed E-state index contributed by atoms with van der Waals surface area (Å²) in [5.41, 5.74) is 2.06. The van der Waals surface area contributed by atoms with Crippen LogP contribution < -0.4 is 10.6 Å². The molecule has 1 atom stereocenters. The lowest BCUT2D eigenvalue weighted by Crippen LogP contribution is -2.35. The van der Waals surface area contributed by atoms with Crippen molar-refractivity contribution in [1.82, 2.24) is 20.0 Å². The first-order chi connectivity index (χ1) is 11.0. The van der Waals surface area contributed by atoms with E-state index in [1.165, 1.54) is 0 Å². The van der Waals surface area contributed by atoms with Crippen LogP contribution in [0.3, 0.4) is 0 Å². The zero-order chi connectivity index (χ0) is 16.8. The van der Waals surface area contributed by atoms with Gasteiger partial charge in [-0.05, 0) is 32.2 Å². The van der Waals surface area contributed by atoms with E-state index in [0.717, 1.165) is 56.2 Å². The van der Waals surface area contributed by atoms with E-state index in [-0.39, 0.29) is 6.03 Å². The molecule has 0 saturated carbocycles. The lowest BCUT2D eigenvalue weighted by molar-refractivity contribution is 0.159. The maximum absolute atomic E-state index is 12.1. The van der Waals surface area contributed by atoms with Gasteiger partial charge in [0.15, 0.2) is 0 Å². The molecule has 0 radical (unpaired) electrons. The standard InChI is InChI=1S/C16H29N5O2/c1-5-14-12(2)15(20(3)19-14)18-16(22)17-10-13-6-7-21(11-13)8-9-23-4/h13H,5-11H2,1-4H3,(H2,17,18,22)/t13-/m0/s1. The highest BCUT2D eigenvalue weighted by molar-refractivity contribution is 5.89. The van der Waals surface area contributed by atoms with E-state index in [1.54, 1.807) is 11.8 Å². The minimum atomic E-state index is -0.158. The number of methoxy groups -OCH3 is 1. The SMILES string of the molecule is CCc1nn(C)c(NC(=O)NC[C@@H]2CCN(CCOC)C2)c1C. The Labute approximate surface area is 138 Å². The van der Waals surface area contributed by atoms with Crippen LogP contribution in [0.1, 0.15) is 24.6 Å². The Morgan fingerprint density at radius 2 is 2.26 bits per heavy atom. The number of nitrogens with one attached hydrogen (secondary N) is 2. The van der Waals surface area contributed by atoms with E-state index >= 15 is 0 Å². The molecule has 7 heteroatoms. The van der Waals surface area contributed by atoms with Gasteiger partial charge in [-0.2, -0.15) is 5.10 Å². The molecule has 2 N–H and O–H groups in total.